The zero-order valence-electron chi connectivity index (χ0n) is 11.4. The molecule has 0 bridgehead atoms. The van der Waals surface area contributed by atoms with Crippen molar-refractivity contribution in [2.45, 2.75) is 11.3 Å². The maximum absolute atomic E-state index is 12.1. The third kappa shape index (κ3) is 3.70. The smallest absolute Gasteiger partial charge is 0.406 e. The van der Waals surface area contributed by atoms with Crippen LogP contribution in [-0.4, -0.2) is 21.0 Å². The number of hydrogen-bond donors (Lipinski definition) is 1. The number of alkyl halides is 3. The first-order valence-corrected chi connectivity index (χ1v) is 7.92. The van der Waals surface area contributed by atoms with Crippen LogP contribution in [0.1, 0.15) is 0 Å². The third-order valence-corrected chi connectivity index (χ3v) is 4.01. The molecular formula is C14H12F3NO3S. The number of sulfone groups is 1. The van der Waals surface area contributed by atoms with Crippen LogP contribution in [0.5, 0.6) is 5.75 Å². The van der Waals surface area contributed by atoms with E-state index in [1.54, 1.807) is 6.07 Å². The Labute approximate surface area is 125 Å². The van der Waals surface area contributed by atoms with Crippen molar-refractivity contribution in [2.24, 2.45) is 0 Å². The highest BCUT2D eigenvalue weighted by molar-refractivity contribution is 7.91. The molecule has 0 saturated carbocycles. The summed E-state index contributed by atoms with van der Waals surface area (Å²) < 4.78 is 63.8. The lowest BCUT2D eigenvalue weighted by molar-refractivity contribution is -0.274. The van der Waals surface area contributed by atoms with Gasteiger partial charge in [-0.25, -0.2) is 8.42 Å². The van der Waals surface area contributed by atoms with Gasteiger partial charge >= 0.3 is 6.36 Å². The van der Waals surface area contributed by atoms with E-state index in [1.807, 2.05) is 0 Å². The molecule has 22 heavy (non-hydrogen) atoms. The van der Waals surface area contributed by atoms with Gasteiger partial charge < -0.3 is 10.5 Å². The van der Waals surface area contributed by atoms with Gasteiger partial charge in [0.1, 0.15) is 5.75 Å². The van der Waals surface area contributed by atoms with E-state index >= 15 is 0 Å². The fraction of sp³-hybridized carbons (Fsp3) is 0.143. The van der Waals surface area contributed by atoms with E-state index < -0.39 is 16.2 Å². The van der Waals surface area contributed by atoms with E-state index in [1.165, 1.54) is 24.3 Å². The standard InChI is InChI=1S/C14H12F3NO3S/c1-22(19,20)13-11(3-2-4-12(13)18)9-5-7-10(8-6-9)21-14(15,16)17/h2-8H,18H2,1H3. The summed E-state index contributed by atoms with van der Waals surface area (Å²) in [5.74, 6) is -0.388. The Morgan fingerprint density at radius 1 is 1.05 bits per heavy atom. The van der Waals surface area contributed by atoms with Crippen molar-refractivity contribution in [3.05, 3.63) is 42.5 Å². The summed E-state index contributed by atoms with van der Waals surface area (Å²) in [6.07, 6.45) is -3.76. The van der Waals surface area contributed by atoms with Gasteiger partial charge in [-0.05, 0) is 23.8 Å². The van der Waals surface area contributed by atoms with Crippen molar-refractivity contribution in [3.63, 3.8) is 0 Å². The zero-order valence-corrected chi connectivity index (χ0v) is 12.2. The highest BCUT2D eigenvalue weighted by Crippen LogP contribution is 2.33. The third-order valence-electron chi connectivity index (χ3n) is 2.82. The molecular weight excluding hydrogens is 319 g/mol. The van der Waals surface area contributed by atoms with Gasteiger partial charge in [-0.15, -0.1) is 13.2 Å². The Bertz CT molecular complexity index is 784. The van der Waals surface area contributed by atoms with Crippen LogP contribution in [0.3, 0.4) is 0 Å². The molecule has 0 aliphatic heterocycles. The van der Waals surface area contributed by atoms with E-state index in [0.29, 0.717) is 11.1 Å². The zero-order chi connectivity index (χ0) is 16.5. The van der Waals surface area contributed by atoms with Crippen molar-refractivity contribution in [2.75, 3.05) is 12.0 Å². The van der Waals surface area contributed by atoms with Crippen molar-refractivity contribution in [1.29, 1.82) is 0 Å². The highest BCUT2D eigenvalue weighted by Gasteiger charge is 2.31. The molecule has 0 aliphatic carbocycles. The summed E-state index contributed by atoms with van der Waals surface area (Å²) in [6.45, 7) is 0. The topological polar surface area (TPSA) is 69.4 Å². The van der Waals surface area contributed by atoms with Gasteiger partial charge in [-0.1, -0.05) is 24.3 Å². The average Bonchev–Trinajstić information content (AvgIpc) is 2.36. The van der Waals surface area contributed by atoms with Crippen LogP contribution in [0.2, 0.25) is 0 Å². The molecule has 2 aromatic rings. The maximum atomic E-state index is 12.1. The van der Waals surface area contributed by atoms with Crippen LogP contribution in [-0.2, 0) is 9.84 Å². The number of ether oxygens (including phenoxy) is 1. The summed E-state index contributed by atoms with van der Waals surface area (Å²) in [7, 11) is -3.59. The van der Waals surface area contributed by atoms with Gasteiger partial charge in [-0.2, -0.15) is 0 Å². The number of anilines is 1. The number of hydrogen-bond acceptors (Lipinski definition) is 4. The van der Waals surface area contributed by atoms with Gasteiger partial charge in [0.15, 0.2) is 9.84 Å². The molecule has 2 N–H and O–H groups in total. The van der Waals surface area contributed by atoms with E-state index in [-0.39, 0.29) is 16.3 Å². The molecule has 0 unspecified atom stereocenters. The van der Waals surface area contributed by atoms with Gasteiger partial charge in [-0.3, -0.25) is 0 Å². The minimum atomic E-state index is -4.78. The van der Waals surface area contributed by atoms with Gasteiger partial charge in [0, 0.05) is 11.8 Å². The normalized spacial score (nSPS) is 12.2. The molecule has 2 aromatic carbocycles. The van der Waals surface area contributed by atoms with Crippen LogP contribution in [0, 0.1) is 0 Å². The van der Waals surface area contributed by atoms with Crippen molar-refractivity contribution >= 4 is 15.5 Å². The van der Waals surface area contributed by atoms with Gasteiger partial charge in [0.25, 0.3) is 0 Å². The van der Waals surface area contributed by atoms with Crippen LogP contribution < -0.4 is 10.5 Å². The molecule has 0 aliphatic rings. The Kier molecular flexibility index (Phi) is 4.06. The predicted molar refractivity (Wildman–Crippen MR) is 76.1 cm³/mol. The summed E-state index contributed by atoms with van der Waals surface area (Å²) in [6, 6.07) is 9.44. The summed E-state index contributed by atoms with van der Waals surface area (Å²) >= 11 is 0. The van der Waals surface area contributed by atoms with Crippen molar-refractivity contribution < 1.29 is 26.3 Å². The fourth-order valence-electron chi connectivity index (χ4n) is 2.03. The molecule has 118 valence electrons. The molecule has 0 atom stereocenters. The second kappa shape index (κ2) is 5.53. The summed E-state index contributed by atoms with van der Waals surface area (Å²) in [5, 5.41) is 0. The lowest BCUT2D eigenvalue weighted by Crippen LogP contribution is -2.16. The second-order valence-corrected chi connectivity index (χ2v) is 6.52. The Morgan fingerprint density at radius 3 is 2.14 bits per heavy atom. The Morgan fingerprint density at radius 2 is 1.64 bits per heavy atom. The minimum absolute atomic E-state index is 0.0560. The van der Waals surface area contributed by atoms with E-state index in [0.717, 1.165) is 18.4 Å². The first-order chi connectivity index (χ1) is 10.1. The molecule has 0 heterocycles. The molecule has 0 spiro atoms. The molecule has 0 aromatic heterocycles. The number of nitrogen functional groups attached to an aromatic ring is 1. The van der Waals surface area contributed by atoms with Crippen LogP contribution in [0.15, 0.2) is 47.4 Å². The van der Waals surface area contributed by atoms with Crippen molar-refractivity contribution in [3.8, 4) is 16.9 Å². The van der Waals surface area contributed by atoms with Gasteiger partial charge in [0.2, 0.25) is 0 Å². The summed E-state index contributed by atoms with van der Waals surface area (Å²) in [5.41, 5.74) is 6.52. The number of rotatable bonds is 3. The van der Waals surface area contributed by atoms with Crippen LogP contribution in [0.25, 0.3) is 11.1 Å². The number of nitrogens with two attached hydrogens (primary N) is 1. The highest BCUT2D eigenvalue weighted by atomic mass is 32.2. The molecule has 2 rings (SSSR count). The van der Waals surface area contributed by atoms with Crippen LogP contribution in [0.4, 0.5) is 18.9 Å². The molecule has 0 amide bonds. The van der Waals surface area contributed by atoms with Crippen molar-refractivity contribution in [1.82, 2.24) is 0 Å². The lowest BCUT2D eigenvalue weighted by atomic mass is 10.0. The number of benzene rings is 2. The monoisotopic (exact) mass is 331 g/mol. The quantitative estimate of drug-likeness (QED) is 0.877. The van der Waals surface area contributed by atoms with E-state index in [2.05, 4.69) is 4.74 Å². The minimum Gasteiger partial charge on any atom is -0.406 e. The summed E-state index contributed by atoms with van der Waals surface area (Å²) in [4.78, 5) is -0.0560. The number of halogens is 3. The first-order valence-electron chi connectivity index (χ1n) is 6.02. The molecule has 4 nitrogen and oxygen atoms in total. The van der Waals surface area contributed by atoms with E-state index in [9.17, 15) is 21.6 Å². The first kappa shape index (κ1) is 16.2. The maximum Gasteiger partial charge on any atom is 0.573 e. The Hall–Kier alpha value is -2.22. The molecule has 0 saturated heterocycles. The molecule has 8 heteroatoms. The SMILES string of the molecule is CS(=O)(=O)c1c(N)cccc1-c1ccc(OC(F)(F)F)cc1. The average molecular weight is 331 g/mol. The van der Waals surface area contributed by atoms with Gasteiger partial charge in [0.05, 0.1) is 10.6 Å². The van der Waals surface area contributed by atoms with E-state index in [4.69, 9.17) is 5.73 Å². The Balaban J connectivity index is 2.48. The fourth-order valence-corrected chi connectivity index (χ4v) is 3.11. The lowest BCUT2D eigenvalue weighted by Gasteiger charge is -2.12. The largest absolute Gasteiger partial charge is 0.573 e. The predicted octanol–water partition coefficient (Wildman–Crippen LogP) is 3.24. The molecule has 0 radical (unpaired) electrons. The van der Waals surface area contributed by atoms with Crippen LogP contribution >= 0.6 is 0 Å². The molecule has 0 fully saturated rings. The second-order valence-electron chi connectivity index (χ2n) is 4.57.